The molecule has 1 heterocycles. The molecule has 3 rings (SSSR count). The molecule has 1 unspecified atom stereocenters. The van der Waals surface area contributed by atoms with Gasteiger partial charge >= 0.3 is 0 Å². The maximum absolute atomic E-state index is 12.7. The molecule has 33 heavy (non-hydrogen) atoms. The Kier molecular flexibility index (Phi) is 7.49. The molecule has 10 heteroatoms. The fourth-order valence-corrected chi connectivity index (χ4v) is 4.00. The van der Waals surface area contributed by atoms with Crippen molar-refractivity contribution >= 4 is 27.6 Å². The first-order chi connectivity index (χ1) is 15.7. The zero-order valence-corrected chi connectivity index (χ0v) is 19.6. The minimum absolute atomic E-state index is 0.00496. The van der Waals surface area contributed by atoms with E-state index in [4.69, 9.17) is 9.47 Å². The van der Waals surface area contributed by atoms with E-state index in [1.165, 1.54) is 24.3 Å². The monoisotopic (exact) mass is 470 g/mol. The summed E-state index contributed by atoms with van der Waals surface area (Å²) in [5.74, 6) is 0.792. The van der Waals surface area contributed by atoms with Gasteiger partial charge in [0, 0.05) is 23.1 Å². The van der Waals surface area contributed by atoms with E-state index in [9.17, 15) is 13.2 Å². The first-order valence-corrected chi connectivity index (χ1v) is 11.7. The molecule has 9 nitrogen and oxygen atoms in total. The Balaban J connectivity index is 1.67. The first kappa shape index (κ1) is 24.0. The second kappa shape index (κ2) is 10.3. The highest BCUT2D eigenvalue weighted by Crippen LogP contribution is 2.22. The Morgan fingerprint density at radius 2 is 1.64 bits per heavy atom. The highest BCUT2D eigenvalue weighted by Gasteiger charge is 2.20. The van der Waals surface area contributed by atoms with E-state index in [0.717, 1.165) is 0 Å². The van der Waals surface area contributed by atoms with Gasteiger partial charge in [-0.15, -0.1) is 0 Å². The largest absolute Gasteiger partial charge is 0.497 e. The van der Waals surface area contributed by atoms with Crippen molar-refractivity contribution in [2.24, 2.45) is 0 Å². The van der Waals surface area contributed by atoms with Crippen LogP contribution in [0.5, 0.6) is 11.5 Å². The van der Waals surface area contributed by atoms with Crippen LogP contribution in [0.15, 0.2) is 59.5 Å². The van der Waals surface area contributed by atoms with E-state index >= 15 is 0 Å². The summed E-state index contributed by atoms with van der Waals surface area (Å²) >= 11 is 0. The Morgan fingerprint density at radius 1 is 1.00 bits per heavy atom. The smallest absolute Gasteiger partial charge is 0.265 e. The fraction of sp³-hybridized carbons (Fsp3) is 0.261. The van der Waals surface area contributed by atoms with Crippen LogP contribution in [-0.4, -0.2) is 37.5 Å². The topological polar surface area (TPSA) is 120 Å². The number of amides is 1. The molecule has 0 bridgehead atoms. The van der Waals surface area contributed by atoms with Crippen molar-refractivity contribution < 1.29 is 22.7 Å². The van der Waals surface area contributed by atoms with E-state index in [0.29, 0.717) is 35.0 Å². The van der Waals surface area contributed by atoms with Crippen LogP contribution in [0.25, 0.3) is 0 Å². The predicted octanol–water partition coefficient (Wildman–Crippen LogP) is 3.70. The Labute approximate surface area is 193 Å². The number of aryl methyl sites for hydroxylation is 2. The zero-order valence-electron chi connectivity index (χ0n) is 18.8. The quantitative estimate of drug-likeness (QED) is 0.489. The molecule has 0 aliphatic rings. The van der Waals surface area contributed by atoms with Crippen LogP contribution in [0.3, 0.4) is 0 Å². The van der Waals surface area contributed by atoms with Crippen LogP contribution >= 0.6 is 0 Å². The molecule has 2 N–H and O–H groups in total. The molecular weight excluding hydrogens is 444 g/mol. The van der Waals surface area contributed by atoms with Crippen molar-refractivity contribution in [1.29, 1.82) is 0 Å². The molecule has 2 aromatic carbocycles. The summed E-state index contributed by atoms with van der Waals surface area (Å²) in [6, 6.07) is 14.5. The van der Waals surface area contributed by atoms with Gasteiger partial charge in [0.25, 0.3) is 15.9 Å². The number of carbonyl (C=O) groups excluding carboxylic acids is 1. The summed E-state index contributed by atoms with van der Waals surface area (Å²) in [5, 5.41) is 2.75. The summed E-state index contributed by atoms with van der Waals surface area (Å²) in [7, 11) is -2.33. The van der Waals surface area contributed by atoms with Crippen LogP contribution in [0.2, 0.25) is 0 Å². The van der Waals surface area contributed by atoms with Gasteiger partial charge in [0.1, 0.15) is 11.5 Å². The molecule has 0 radical (unpaired) electrons. The first-order valence-electron chi connectivity index (χ1n) is 10.3. The number of anilines is 2. The van der Waals surface area contributed by atoms with Crippen LogP contribution in [-0.2, 0) is 14.8 Å². The van der Waals surface area contributed by atoms with Gasteiger partial charge in [0.2, 0.25) is 5.95 Å². The van der Waals surface area contributed by atoms with Crippen LogP contribution < -0.4 is 19.5 Å². The van der Waals surface area contributed by atoms with Gasteiger partial charge in [0.15, 0.2) is 6.10 Å². The average molecular weight is 471 g/mol. The van der Waals surface area contributed by atoms with E-state index in [2.05, 4.69) is 20.0 Å². The number of nitrogens with zero attached hydrogens (tertiary/aromatic N) is 2. The normalized spacial score (nSPS) is 12.0. The second-order valence-electron chi connectivity index (χ2n) is 7.29. The number of sulfonamides is 1. The lowest BCUT2D eigenvalue weighted by Gasteiger charge is -2.18. The average Bonchev–Trinajstić information content (AvgIpc) is 2.77. The molecule has 1 amide bonds. The molecule has 0 saturated carbocycles. The lowest BCUT2D eigenvalue weighted by Crippen LogP contribution is -2.32. The highest BCUT2D eigenvalue weighted by molar-refractivity contribution is 7.92. The summed E-state index contributed by atoms with van der Waals surface area (Å²) in [4.78, 5) is 20.9. The van der Waals surface area contributed by atoms with E-state index in [1.54, 1.807) is 51.3 Å². The van der Waals surface area contributed by atoms with Gasteiger partial charge in [-0.1, -0.05) is 13.0 Å². The van der Waals surface area contributed by atoms with Crippen LogP contribution in [0.4, 0.5) is 11.6 Å². The molecule has 3 aromatic rings. The number of nitrogens with one attached hydrogen (secondary N) is 2. The van der Waals surface area contributed by atoms with Crippen molar-refractivity contribution in [1.82, 2.24) is 9.97 Å². The minimum Gasteiger partial charge on any atom is -0.497 e. The van der Waals surface area contributed by atoms with Gasteiger partial charge < -0.3 is 14.8 Å². The lowest BCUT2D eigenvalue weighted by molar-refractivity contribution is -0.122. The van der Waals surface area contributed by atoms with Crippen molar-refractivity contribution in [3.05, 3.63) is 66.0 Å². The number of carbonyl (C=O) groups is 1. The number of aromatic nitrogens is 2. The number of hydrogen-bond acceptors (Lipinski definition) is 7. The highest BCUT2D eigenvalue weighted by atomic mass is 32.2. The van der Waals surface area contributed by atoms with Gasteiger partial charge in [-0.25, -0.2) is 23.1 Å². The number of rotatable bonds is 9. The van der Waals surface area contributed by atoms with E-state index in [-0.39, 0.29) is 16.8 Å². The number of hydrogen-bond donors (Lipinski definition) is 2. The van der Waals surface area contributed by atoms with Gasteiger partial charge in [0.05, 0.1) is 12.0 Å². The number of methoxy groups -OCH3 is 1. The maximum atomic E-state index is 12.7. The third kappa shape index (κ3) is 6.42. The third-order valence-corrected chi connectivity index (χ3v) is 5.97. The molecule has 1 atom stereocenters. The van der Waals surface area contributed by atoms with E-state index < -0.39 is 16.1 Å². The minimum atomic E-state index is -3.88. The molecule has 0 spiro atoms. The molecular formula is C23H26N4O5S. The van der Waals surface area contributed by atoms with Gasteiger partial charge in [-0.2, -0.15) is 0 Å². The zero-order chi connectivity index (χ0) is 24.0. The molecule has 0 aliphatic heterocycles. The maximum Gasteiger partial charge on any atom is 0.265 e. The third-order valence-electron chi connectivity index (χ3n) is 4.62. The van der Waals surface area contributed by atoms with Crippen molar-refractivity contribution in [3.8, 4) is 11.5 Å². The number of benzene rings is 2. The van der Waals surface area contributed by atoms with Crippen LogP contribution in [0.1, 0.15) is 24.7 Å². The van der Waals surface area contributed by atoms with Crippen molar-refractivity contribution in [2.45, 2.75) is 38.2 Å². The molecule has 174 valence electrons. The number of ether oxygens (including phenoxy) is 2. The summed E-state index contributed by atoms with van der Waals surface area (Å²) in [6.07, 6.45) is -0.293. The summed E-state index contributed by atoms with van der Waals surface area (Å²) in [5.41, 5.74) is 1.74. The van der Waals surface area contributed by atoms with Gasteiger partial charge in [-0.05, 0) is 62.7 Å². The molecule has 0 saturated heterocycles. The Bertz CT molecular complexity index is 1210. The molecule has 0 fully saturated rings. The standard InChI is InChI=1S/C23H26N4O5S/c1-5-21(32-19-8-6-7-18(14-19)31-4)22(28)26-17-9-11-20(12-10-17)33(29,30)27-23-24-15(2)13-16(3)25-23/h6-14,21H,5H2,1-4H3,(H,26,28)(H,24,25,27). The summed E-state index contributed by atoms with van der Waals surface area (Å²) in [6.45, 7) is 5.35. The molecule has 0 aliphatic carbocycles. The Hall–Kier alpha value is -3.66. The lowest BCUT2D eigenvalue weighted by atomic mass is 10.2. The van der Waals surface area contributed by atoms with Crippen LogP contribution in [0, 0.1) is 13.8 Å². The summed E-state index contributed by atoms with van der Waals surface area (Å²) < 4.78 is 38.7. The van der Waals surface area contributed by atoms with E-state index in [1.807, 2.05) is 6.92 Å². The fourth-order valence-electron chi connectivity index (χ4n) is 3.05. The van der Waals surface area contributed by atoms with Gasteiger partial charge in [-0.3, -0.25) is 4.79 Å². The SMILES string of the molecule is CCC(Oc1cccc(OC)c1)C(=O)Nc1ccc(S(=O)(=O)Nc2nc(C)cc(C)n2)cc1. The predicted molar refractivity (Wildman–Crippen MR) is 125 cm³/mol. The Morgan fingerprint density at radius 3 is 2.24 bits per heavy atom. The molecule has 1 aromatic heterocycles. The van der Waals surface area contributed by atoms with Crippen molar-refractivity contribution in [3.63, 3.8) is 0 Å². The second-order valence-corrected chi connectivity index (χ2v) is 8.97. The van der Waals surface area contributed by atoms with Crippen molar-refractivity contribution in [2.75, 3.05) is 17.1 Å².